The molecule has 8 nitrogen and oxygen atoms in total. The maximum Gasteiger partial charge on any atom is 0.305 e. The molecule has 0 saturated carbocycles. The molecule has 0 aliphatic rings. The molecule has 0 aliphatic carbocycles. The zero-order valence-corrected chi connectivity index (χ0v) is 6.93. The molecule has 0 aromatic heterocycles. The molecule has 0 radical (unpaired) electrons. The van der Waals surface area contributed by atoms with Gasteiger partial charge in [0.15, 0.2) is 12.4 Å². The van der Waals surface area contributed by atoms with Crippen LogP contribution in [0.5, 0.6) is 0 Å². The summed E-state index contributed by atoms with van der Waals surface area (Å²) in [5.74, 6) is -3.64. The van der Waals surface area contributed by atoms with Crippen LogP contribution in [0.15, 0.2) is 0 Å². The second-order valence-electron chi connectivity index (χ2n) is 2.74. The van der Waals surface area contributed by atoms with E-state index in [1.165, 1.54) is 0 Å². The van der Waals surface area contributed by atoms with Gasteiger partial charge in [0, 0.05) is 0 Å². The second-order valence-corrected chi connectivity index (χ2v) is 2.74. The Bertz CT molecular complexity index is 187. The summed E-state index contributed by atoms with van der Waals surface area (Å²) in [6.07, 6.45) is -9.13. The van der Waals surface area contributed by atoms with Crippen molar-refractivity contribution in [2.45, 2.75) is 30.4 Å². The Hall–Kier alpha value is -0.610. The van der Waals surface area contributed by atoms with E-state index >= 15 is 0 Å². The van der Waals surface area contributed by atoms with Crippen LogP contribution in [0.3, 0.4) is 0 Å². The molecule has 0 saturated heterocycles. The standard InChI is InChI=1S/C6H12O8/c7-1-2(8)3(9)4(10)5(11)6(12,13)14/h1-5,8-14H/t2-,3+,4-,5-/m0/s1. The smallest absolute Gasteiger partial charge is 0.305 e. The van der Waals surface area contributed by atoms with Gasteiger partial charge in [-0.05, 0) is 0 Å². The third kappa shape index (κ3) is 3.27. The van der Waals surface area contributed by atoms with Gasteiger partial charge in [0.2, 0.25) is 0 Å². The van der Waals surface area contributed by atoms with E-state index < -0.39 is 30.4 Å². The predicted octanol–water partition coefficient (Wildman–Crippen LogP) is -4.74. The van der Waals surface area contributed by atoms with Gasteiger partial charge in [0.1, 0.15) is 18.3 Å². The van der Waals surface area contributed by atoms with Gasteiger partial charge in [-0.25, -0.2) is 0 Å². The average Bonchev–Trinajstić information content (AvgIpc) is 2.11. The highest BCUT2D eigenvalue weighted by Gasteiger charge is 2.41. The van der Waals surface area contributed by atoms with Crippen LogP contribution in [0.1, 0.15) is 0 Å². The summed E-state index contributed by atoms with van der Waals surface area (Å²) in [7, 11) is 0. The van der Waals surface area contributed by atoms with E-state index in [1.54, 1.807) is 0 Å². The maximum atomic E-state index is 9.93. The topological polar surface area (TPSA) is 159 Å². The third-order valence-electron chi connectivity index (χ3n) is 1.56. The number of carbonyl (C=O) groups is 1. The lowest BCUT2D eigenvalue weighted by Crippen LogP contribution is -2.55. The molecule has 0 heterocycles. The van der Waals surface area contributed by atoms with Gasteiger partial charge in [0.25, 0.3) is 0 Å². The fourth-order valence-corrected chi connectivity index (χ4v) is 0.698. The molecule has 0 unspecified atom stereocenters. The van der Waals surface area contributed by atoms with Crippen molar-refractivity contribution in [2.75, 3.05) is 0 Å². The minimum atomic E-state index is -3.64. The number of hydrogen-bond donors (Lipinski definition) is 7. The number of aliphatic hydroxyl groups is 7. The molecule has 0 bridgehead atoms. The Morgan fingerprint density at radius 1 is 0.929 bits per heavy atom. The maximum absolute atomic E-state index is 9.93. The molecule has 14 heavy (non-hydrogen) atoms. The van der Waals surface area contributed by atoms with Gasteiger partial charge in [0.05, 0.1) is 0 Å². The highest BCUT2D eigenvalue weighted by Crippen LogP contribution is 2.11. The first-order valence-corrected chi connectivity index (χ1v) is 3.56. The molecule has 0 amide bonds. The quantitative estimate of drug-likeness (QED) is 0.177. The average molecular weight is 212 g/mol. The highest BCUT2D eigenvalue weighted by molar-refractivity contribution is 5.56. The summed E-state index contributed by atoms with van der Waals surface area (Å²) in [6.45, 7) is 0. The molecule has 7 N–H and O–H groups in total. The number of aldehydes is 1. The Morgan fingerprint density at radius 3 is 1.64 bits per heavy atom. The van der Waals surface area contributed by atoms with Gasteiger partial charge in [-0.15, -0.1) is 0 Å². The summed E-state index contributed by atoms with van der Waals surface area (Å²) in [5.41, 5.74) is 0. The largest absolute Gasteiger partial charge is 0.387 e. The molecular formula is C6H12O8. The van der Waals surface area contributed by atoms with E-state index in [0.29, 0.717) is 0 Å². The van der Waals surface area contributed by atoms with Gasteiger partial charge in [-0.1, -0.05) is 0 Å². The normalized spacial score (nSPS) is 21.1. The van der Waals surface area contributed by atoms with Crippen molar-refractivity contribution in [1.29, 1.82) is 0 Å². The van der Waals surface area contributed by atoms with Gasteiger partial charge in [-0.3, -0.25) is 0 Å². The van der Waals surface area contributed by atoms with Gasteiger partial charge >= 0.3 is 5.97 Å². The number of rotatable bonds is 5. The highest BCUT2D eigenvalue weighted by atomic mass is 16.7. The zero-order valence-electron chi connectivity index (χ0n) is 6.93. The molecule has 0 rings (SSSR count). The second kappa shape index (κ2) is 4.75. The van der Waals surface area contributed by atoms with Crippen LogP contribution in [0.4, 0.5) is 0 Å². The van der Waals surface area contributed by atoms with Crippen LogP contribution in [0, 0.1) is 0 Å². The van der Waals surface area contributed by atoms with Crippen molar-refractivity contribution in [1.82, 2.24) is 0 Å². The SMILES string of the molecule is O=C[C@H](O)[C@@H](O)[C@H](O)[C@H](O)C(O)(O)O. The Kier molecular flexibility index (Phi) is 4.55. The first-order valence-electron chi connectivity index (χ1n) is 3.56. The number of aliphatic hydroxyl groups excluding tert-OH is 4. The molecule has 0 fully saturated rings. The van der Waals surface area contributed by atoms with Crippen LogP contribution in [0.2, 0.25) is 0 Å². The molecule has 0 aromatic rings. The monoisotopic (exact) mass is 212 g/mol. The third-order valence-corrected chi connectivity index (χ3v) is 1.56. The lowest BCUT2D eigenvalue weighted by atomic mass is 10.0. The molecular weight excluding hydrogens is 200 g/mol. The van der Waals surface area contributed by atoms with Crippen molar-refractivity contribution in [3.05, 3.63) is 0 Å². The van der Waals surface area contributed by atoms with E-state index in [9.17, 15) is 4.79 Å². The summed E-state index contributed by atoms with van der Waals surface area (Å²) in [5, 5.41) is 60.4. The van der Waals surface area contributed by atoms with Crippen LogP contribution >= 0.6 is 0 Å². The molecule has 4 atom stereocenters. The summed E-state index contributed by atoms with van der Waals surface area (Å²) in [4.78, 5) is 9.93. The lowest BCUT2D eigenvalue weighted by molar-refractivity contribution is -0.371. The van der Waals surface area contributed by atoms with E-state index in [2.05, 4.69) is 0 Å². The van der Waals surface area contributed by atoms with Crippen molar-refractivity contribution in [3.8, 4) is 0 Å². The van der Waals surface area contributed by atoms with E-state index in [0.717, 1.165) is 0 Å². The fourth-order valence-electron chi connectivity index (χ4n) is 0.698. The number of carbonyl (C=O) groups excluding carboxylic acids is 1. The Balaban J connectivity index is 4.46. The molecule has 0 spiro atoms. The van der Waals surface area contributed by atoms with Gasteiger partial charge in [-0.2, -0.15) is 0 Å². The number of hydrogen-bond acceptors (Lipinski definition) is 8. The minimum absolute atomic E-state index is 0.131. The van der Waals surface area contributed by atoms with Crippen molar-refractivity contribution in [3.63, 3.8) is 0 Å². The van der Waals surface area contributed by atoms with E-state index in [1.807, 2.05) is 0 Å². The van der Waals surface area contributed by atoms with Crippen LogP contribution in [-0.4, -0.2) is 72.4 Å². The molecule has 0 aromatic carbocycles. The fraction of sp³-hybridized carbons (Fsp3) is 0.833. The Morgan fingerprint density at radius 2 is 1.36 bits per heavy atom. The summed E-state index contributed by atoms with van der Waals surface area (Å²) < 4.78 is 0. The molecule has 8 heteroatoms. The van der Waals surface area contributed by atoms with Crippen LogP contribution in [-0.2, 0) is 4.79 Å². The van der Waals surface area contributed by atoms with Crippen LogP contribution in [0.25, 0.3) is 0 Å². The minimum Gasteiger partial charge on any atom is -0.387 e. The molecule has 0 aliphatic heterocycles. The predicted molar refractivity (Wildman–Crippen MR) is 39.5 cm³/mol. The Labute approximate surface area is 78.3 Å². The summed E-state index contributed by atoms with van der Waals surface area (Å²) >= 11 is 0. The van der Waals surface area contributed by atoms with E-state index in [-0.39, 0.29) is 6.29 Å². The zero-order chi connectivity index (χ0) is 11.5. The van der Waals surface area contributed by atoms with Crippen molar-refractivity contribution in [2.24, 2.45) is 0 Å². The van der Waals surface area contributed by atoms with Crippen molar-refractivity contribution >= 4 is 6.29 Å². The lowest BCUT2D eigenvalue weighted by Gasteiger charge is -2.28. The first kappa shape index (κ1) is 13.4. The van der Waals surface area contributed by atoms with Crippen molar-refractivity contribution < 1.29 is 40.5 Å². The van der Waals surface area contributed by atoms with Gasteiger partial charge < -0.3 is 40.5 Å². The first-order chi connectivity index (χ1) is 6.21. The van der Waals surface area contributed by atoms with E-state index in [4.69, 9.17) is 35.7 Å². The molecule has 84 valence electrons. The van der Waals surface area contributed by atoms with Crippen LogP contribution < -0.4 is 0 Å². The summed E-state index contributed by atoms with van der Waals surface area (Å²) in [6, 6.07) is 0.